The van der Waals surface area contributed by atoms with Gasteiger partial charge in [0.25, 0.3) is 0 Å². The van der Waals surface area contributed by atoms with Crippen molar-refractivity contribution in [2.75, 3.05) is 72.7 Å². The van der Waals surface area contributed by atoms with E-state index in [1.807, 2.05) is 0 Å². The van der Waals surface area contributed by atoms with E-state index in [0.717, 1.165) is 0 Å². The van der Waals surface area contributed by atoms with Crippen LogP contribution in [0, 0.1) is 0 Å². The predicted octanol–water partition coefficient (Wildman–Crippen LogP) is -0.616. The maximum Gasteiger partial charge on any atom is 0.129 e. The van der Waals surface area contributed by atoms with Crippen molar-refractivity contribution >= 4 is 0 Å². The van der Waals surface area contributed by atoms with Gasteiger partial charge in [-0.2, -0.15) is 0 Å². The molecule has 1 heterocycles. The Morgan fingerprint density at radius 3 is 1.37 bits per heavy atom. The minimum Gasteiger partial charge on any atom is -0.377 e. The number of ether oxygens (including phenoxy) is 6. The zero-order chi connectivity index (χ0) is 13.6. The highest BCUT2D eigenvalue weighted by molar-refractivity contribution is 4.45. The SMILES string of the molecule is NC1COCCOCCOCCOCCOCCO1. The molecule has 1 saturated heterocycles. The second-order valence-corrected chi connectivity index (χ2v) is 3.93. The summed E-state index contributed by atoms with van der Waals surface area (Å²) in [7, 11) is 0. The highest BCUT2D eigenvalue weighted by Gasteiger charge is 2.02. The third-order valence-corrected chi connectivity index (χ3v) is 2.33. The zero-order valence-electron chi connectivity index (χ0n) is 11.4. The molecule has 0 aromatic carbocycles. The van der Waals surface area contributed by atoms with Crippen LogP contribution in [0.5, 0.6) is 0 Å². The van der Waals surface area contributed by atoms with Crippen LogP contribution in [0.4, 0.5) is 0 Å². The molecule has 1 unspecified atom stereocenters. The van der Waals surface area contributed by atoms with Crippen LogP contribution in [0.15, 0.2) is 0 Å². The Morgan fingerprint density at radius 2 is 0.895 bits per heavy atom. The van der Waals surface area contributed by atoms with E-state index in [4.69, 9.17) is 34.2 Å². The average Bonchev–Trinajstić information content (AvgIpc) is 2.41. The van der Waals surface area contributed by atoms with E-state index in [1.54, 1.807) is 0 Å². The number of hydrogen-bond acceptors (Lipinski definition) is 7. The molecule has 0 saturated carbocycles. The highest BCUT2D eigenvalue weighted by Crippen LogP contribution is 1.89. The Balaban J connectivity index is 2.08. The summed E-state index contributed by atoms with van der Waals surface area (Å²) in [5.41, 5.74) is 5.70. The first kappa shape index (κ1) is 16.8. The first-order chi connectivity index (χ1) is 9.39. The summed E-state index contributed by atoms with van der Waals surface area (Å²) < 4.78 is 31.9. The van der Waals surface area contributed by atoms with Crippen molar-refractivity contribution < 1.29 is 28.4 Å². The maximum absolute atomic E-state index is 5.70. The lowest BCUT2D eigenvalue weighted by Gasteiger charge is -2.14. The van der Waals surface area contributed by atoms with Gasteiger partial charge in [-0.15, -0.1) is 0 Å². The highest BCUT2D eigenvalue weighted by atomic mass is 16.6. The minimum absolute atomic E-state index is 0.350. The molecule has 0 aliphatic carbocycles. The molecule has 0 spiro atoms. The van der Waals surface area contributed by atoms with Gasteiger partial charge in [0.2, 0.25) is 0 Å². The predicted molar refractivity (Wildman–Crippen MR) is 68.0 cm³/mol. The lowest BCUT2D eigenvalue weighted by atomic mass is 10.6. The van der Waals surface area contributed by atoms with Gasteiger partial charge in [-0.1, -0.05) is 0 Å². The van der Waals surface area contributed by atoms with Crippen molar-refractivity contribution in [2.45, 2.75) is 6.23 Å². The molecule has 0 amide bonds. The summed E-state index contributed by atoms with van der Waals surface area (Å²) >= 11 is 0. The molecule has 1 aliphatic heterocycles. The molecule has 19 heavy (non-hydrogen) atoms. The van der Waals surface area contributed by atoms with Crippen molar-refractivity contribution in [3.05, 3.63) is 0 Å². The van der Waals surface area contributed by atoms with Gasteiger partial charge in [-0.3, -0.25) is 0 Å². The molecule has 2 N–H and O–H groups in total. The average molecular weight is 279 g/mol. The molecule has 0 radical (unpaired) electrons. The molecule has 7 heteroatoms. The van der Waals surface area contributed by atoms with Crippen LogP contribution >= 0.6 is 0 Å². The van der Waals surface area contributed by atoms with Crippen LogP contribution in [-0.4, -0.2) is 78.9 Å². The fourth-order valence-corrected chi connectivity index (χ4v) is 1.39. The smallest absolute Gasteiger partial charge is 0.129 e. The van der Waals surface area contributed by atoms with Crippen molar-refractivity contribution in [3.63, 3.8) is 0 Å². The molecular formula is C12H25NO6. The van der Waals surface area contributed by atoms with E-state index in [0.29, 0.717) is 72.7 Å². The Labute approximate surface area is 114 Å². The van der Waals surface area contributed by atoms with Crippen molar-refractivity contribution in [1.82, 2.24) is 0 Å². The van der Waals surface area contributed by atoms with Gasteiger partial charge in [-0.05, 0) is 0 Å². The Morgan fingerprint density at radius 1 is 0.526 bits per heavy atom. The first-order valence-corrected chi connectivity index (χ1v) is 6.65. The van der Waals surface area contributed by atoms with E-state index in [9.17, 15) is 0 Å². The van der Waals surface area contributed by atoms with Gasteiger partial charge in [0.05, 0.1) is 72.7 Å². The summed E-state index contributed by atoms with van der Waals surface area (Å²) in [6.07, 6.45) is -0.429. The van der Waals surface area contributed by atoms with Gasteiger partial charge in [0, 0.05) is 0 Å². The molecule has 1 atom stereocenters. The van der Waals surface area contributed by atoms with Crippen LogP contribution in [-0.2, 0) is 28.4 Å². The molecule has 1 aliphatic rings. The number of hydrogen-bond donors (Lipinski definition) is 1. The monoisotopic (exact) mass is 279 g/mol. The van der Waals surface area contributed by atoms with Gasteiger partial charge >= 0.3 is 0 Å². The van der Waals surface area contributed by atoms with E-state index >= 15 is 0 Å². The number of nitrogens with two attached hydrogens (primary N) is 1. The third kappa shape index (κ3) is 11.3. The molecule has 0 aromatic heterocycles. The van der Waals surface area contributed by atoms with Gasteiger partial charge in [0.15, 0.2) is 0 Å². The summed E-state index contributed by atoms with van der Waals surface area (Å²) in [5, 5.41) is 0. The molecule has 1 fully saturated rings. The molecule has 0 aromatic rings. The van der Waals surface area contributed by atoms with E-state index in [2.05, 4.69) is 0 Å². The lowest BCUT2D eigenvalue weighted by molar-refractivity contribution is -0.0584. The van der Waals surface area contributed by atoms with Crippen LogP contribution in [0.1, 0.15) is 0 Å². The molecule has 114 valence electrons. The zero-order valence-corrected chi connectivity index (χ0v) is 11.4. The Bertz CT molecular complexity index is 177. The lowest BCUT2D eigenvalue weighted by Crippen LogP contribution is -2.31. The maximum atomic E-state index is 5.70. The van der Waals surface area contributed by atoms with Crippen LogP contribution in [0.25, 0.3) is 0 Å². The van der Waals surface area contributed by atoms with Crippen LogP contribution in [0.3, 0.4) is 0 Å². The topological polar surface area (TPSA) is 81.4 Å². The van der Waals surface area contributed by atoms with Crippen molar-refractivity contribution in [2.24, 2.45) is 5.73 Å². The molecule has 1 rings (SSSR count). The third-order valence-electron chi connectivity index (χ3n) is 2.33. The summed E-state index contributed by atoms with van der Waals surface area (Å²) in [6, 6.07) is 0. The van der Waals surface area contributed by atoms with Crippen molar-refractivity contribution in [1.29, 1.82) is 0 Å². The second kappa shape index (κ2) is 12.7. The largest absolute Gasteiger partial charge is 0.377 e. The van der Waals surface area contributed by atoms with Crippen LogP contribution < -0.4 is 5.73 Å². The Kier molecular flexibility index (Phi) is 11.2. The second-order valence-electron chi connectivity index (χ2n) is 3.93. The molecule has 0 bridgehead atoms. The summed E-state index contributed by atoms with van der Waals surface area (Å²) in [6.45, 7) is 5.65. The van der Waals surface area contributed by atoms with E-state index < -0.39 is 6.23 Å². The van der Waals surface area contributed by atoms with Gasteiger partial charge < -0.3 is 34.2 Å². The van der Waals surface area contributed by atoms with Gasteiger partial charge in [0.1, 0.15) is 6.23 Å². The summed E-state index contributed by atoms with van der Waals surface area (Å²) in [5.74, 6) is 0. The number of rotatable bonds is 0. The van der Waals surface area contributed by atoms with Crippen LogP contribution in [0.2, 0.25) is 0 Å². The van der Waals surface area contributed by atoms with Crippen molar-refractivity contribution in [3.8, 4) is 0 Å². The van der Waals surface area contributed by atoms with E-state index in [-0.39, 0.29) is 0 Å². The summed E-state index contributed by atoms with van der Waals surface area (Å²) in [4.78, 5) is 0. The molecular weight excluding hydrogens is 254 g/mol. The quantitative estimate of drug-likeness (QED) is 0.633. The normalized spacial score (nSPS) is 27.3. The van der Waals surface area contributed by atoms with E-state index in [1.165, 1.54) is 0 Å². The minimum atomic E-state index is -0.429. The molecule has 7 nitrogen and oxygen atoms in total. The standard InChI is InChI=1S/C12H25NO6/c13-12-11-18-8-7-16-4-3-14-1-2-15-5-6-17-9-10-19-12/h12H,1-11,13H2. The fraction of sp³-hybridized carbons (Fsp3) is 1.00. The van der Waals surface area contributed by atoms with Gasteiger partial charge in [-0.25, -0.2) is 0 Å². The fourth-order valence-electron chi connectivity index (χ4n) is 1.39. The Hall–Kier alpha value is -0.280. The first-order valence-electron chi connectivity index (χ1n) is 6.65.